The minimum Gasteiger partial charge on any atom is -0.469 e. The van der Waals surface area contributed by atoms with Gasteiger partial charge in [-0.1, -0.05) is 30.7 Å². The topological polar surface area (TPSA) is 49.9 Å². The zero-order chi connectivity index (χ0) is 17.4. The number of carbonyl (C=O) groups excluding carboxylic acids is 2. The van der Waals surface area contributed by atoms with Gasteiger partial charge in [0, 0.05) is 13.1 Å². The Morgan fingerprint density at radius 2 is 1.87 bits per heavy atom. The Labute approximate surface area is 143 Å². The third kappa shape index (κ3) is 6.20. The van der Waals surface area contributed by atoms with Crippen LogP contribution in [0.2, 0.25) is 5.02 Å². The SMILES string of the molecule is COC(=O)C(C)CN(CCCN(C)C)C(=O)c1ccccc1Cl. The van der Waals surface area contributed by atoms with Gasteiger partial charge in [0.1, 0.15) is 0 Å². The molecule has 1 aromatic carbocycles. The van der Waals surface area contributed by atoms with Gasteiger partial charge in [-0.3, -0.25) is 9.59 Å². The van der Waals surface area contributed by atoms with E-state index in [2.05, 4.69) is 4.90 Å². The number of rotatable bonds is 8. The van der Waals surface area contributed by atoms with Crippen molar-refractivity contribution in [1.29, 1.82) is 0 Å². The number of methoxy groups -OCH3 is 1. The van der Waals surface area contributed by atoms with Crippen molar-refractivity contribution in [2.24, 2.45) is 5.92 Å². The van der Waals surface area contributed by atoms with E-state index in [0.29, 0.717) is 23.7 Å². The lowest BCUT2D eigenvalue weighted by atomic mass is 10.1. The number of benzene rings is 1. The van der Waals surface area contributed by atoms with Crippen molar-refractivity contribution in [1.82, 2.24) is 9.80 Å². The monoisotopic (exact) mass is 340 g/mol. The largest absolute Gasteiger partial charge is 0.469 e. The fourth-order valence-corrected chi connectivity index (χ4v) is 2.48. The second-order valence-corrected chi connectivity index (χ2v) is 6.22. The number of esters is 1. The second kappa shape index (κ2) is 9.53. The normalized spacial score (nSPS) is 12.1. The smallest absolute Gasteiger partial charge is 0.310 e. The van der Waals surface area contributed by atoms with Crippen LogP contribution in [0.4, 0.5) is 0 Å². The maximum absolute atomic E-state index is 12.8. The highest BCUT2D eigenvalue weighted by Gasteiger charge is 2.23. The van der Waals surface area contributed by atoms with Crippen LogP contribution in [0.1, 0.15) is 23.7 Å². The fourth-order valence-electron chi connectivity index (χ4n) is 2.26. The molecule has 0 radical (unpaired) electrons. The molecule has 1 unspecified atom stereocenters. The highest BCUT2D eigenvalue weighted by Crippen LogP contribution is 2.18. The molecule has 0 spiro atoms. The first-order valence-electron chi connectivity index (χ1n) is 7.63. The Bertz CT molecular complexity index is 534. The Morgan fingerprint density at radius 3 is 2.43 bits per heavy atom. The van der Waals surface area contributed by atoms with Gasteiger partial charge in [0.05, 0.1) is 23.6 Å². The summed E-state index contributed by atoms with van der Waals surface area (Å²) >= 11 is 6.13. The number of amides is 1. The number of hydrogen-bond acceptors (Lipinski definition) is 4. The van der Waals surface area contributed by atoms with Crippen molar-refractivity contribution in [3.05, 3.63) is 34.9 Å². The van der Waals surface area contributed by atoms with Gasteiger partial charge >= 0.3 is 5.97 Å². The second-order valence-electron chi connectivity index (χ2n) is 5.81. The molecule has 0 heterocycles. The van der Waals surface area contributed by atoms with Crippen LogP contribution in [0.25, 0.3) is 0 Å². The van der Waals surface area contributed by atoms with Crippen LogP contribution in [0.15, 0.2) is 24.3 Å². The maximum atomic E-state index is 12.8. The lowest BCUT2D eigenvalue weighted by molar-refractivity contribution is -0.145. The van der Waals surface area contributed by atoms with Crippen molar-refractivity contribution < 1.29 is 14.3 Å². The van der Waals surface area contributed by atoms with Gasteiger partial charge in [-0.2, -0.15) is 0 Å². The number of nitrogens with zero attached hydrogens (tertiary/aromatic N) is 2. The van der Waals surface area contributed by atoms with Crippen LogP contribution in [-0.4, -0.2) is 62.5 Å². The molecule has 0 aliphatic heterocycles. The molecule has 1 atom stereocenters. The van der Waals surface area contributed by atoms with E-state index in [1.807, 2.05) is 14.1 Å². The number of ether oxygens (including phenoxy) is 1. The molecule has 0 N–H and O–H groups in total. The van der Waals surface area contributed by atoms with Gasteiger partial charge in [-0.05, 0) is 39.2 Å². The zero-order valence-electron chi connectivity index (χ0n) is 14.2. The van der Waals surface area contributed by atoms with Gasteiger partial charge in [-0.15, -0.1) is 0 Å². The summed E-state index contributed by atoms with van der Waals surface area (Å²) in [6, 6.07) is 6.95. The summed E-state index contributed by atoms with van der Waals surface area (Å²) in [6.07, 6.45) is 0.817. The van der Waals surface area contributed by atoms with Crippen LogP contribution >= 0.6 is 11.6 Å². The summed E-state index contributed by atoms with van der Waals surface area (Å²) in [5, 5.41) is 0.417. The number of hydrogen-bond donors (Lipinski definition) is 0. The molecule has 0 bridgehead atoms. The molecule has 0 aromatic heterocycles. The maximum Gasteiger partial charge on any atom is 0.310 e. The highest BCUT2D eigenvalue weighted by molar-refractivity contribution is 6.33. The standard InChI is InChI=1S/C17H25ClN2O3/c1-13(17(22)23-4)12-20(11-7-10-19(2)3)16(21)14-8-5-6-9-15(14)18/h5-6,8-9,13H,7,10-12H2,1-4H3. The van der Waals surface area contributed by atoms with Gasteiger partial charge in [0.2, 0.25) is 0 Å². The van der Waals surface area contributed by atoms with Crippen LogP contribution in [-0.2, 0) is 9.53 Å². The Balaban J connectivity index is 2.87. The first kappa shape index (κ1) is 19.5. The predicted molar refractivity (Wildman–Crippen MR) is 91.7 cm³/mol. The summed E-state index contributed by atoms with van der Waals surface area (Å²) in [5.41, 5.74) is 0.455. The van der Waals surface area contributed by atoms with Crippen LogP contribution < -0.4 is 0 Å². The number of halogens is 1. The first-order chi connectivity index (χ1) is 10.9. The molecule has 1 amide bonds. The highest BCUT2D eigenvalue weighted by atomic mass is 35.5. The van der Waals surface area contributed by atoms with Crippen molar-refractivity contribution >= 4 is 23.5 Å². The molecular formula is C17H25ClN2O3. The lowest BCUT2D eigenvalue weighted by Crippen LogP contribution is -2.39. The van der Waals surface area contributed by atoms with E-state index in [-0.39, 0.29) is 17.8 Å². The van der Waals surface area contributed by atoms with E-state index in [9.17, 15) is 9.59 Å². The van der Waals surface area contributed by atoms with Crippen LogP contribution in [0.5, 0.6) is 0 Å². The fraction of sp³-hybridized carbons (Fsp3) is 0.529. The Hall–Kier alpha value is -1.59. The first-order valence-corrected chi connectivity index (χ1v) is 8.01. The summed E-state index contributed by atoms with van der Waals surface area (Å²) in [4.78, 5) is 28.2. The van der Waals surface area contributed by atoms with E-state index >= 15 is 0 Å². The van der Waals surface area contributed by atoms with Gasteiger partial charge in [0.15, 0.2) is 0 Å². The zero-order valence-corrected chi connectivity index (χ0v) is 15.0. The van der Waals surface area contributed by atoms with E-state index in [0.717, 1.165) is 13.0 Å². The molecule has 0 fully saturated rings. The van der Waals surface area contributed by atoms with E-state index in [1.165, 1.54) is 7.11 Å². The molecule has 0 aliphatic rings. The number of carbonyl (C=O) groups is 2. The third-order valence-corrected chi connectivity index (χ3v) is 3.85. The molecule has 6 heteroatoms. The quantitative estimate of drug-likeness (QED) is 0.682. The summed E-state index contributed by atoms with van der Waals surface area (Å²) in [7, 11) is 5.32. The van der Waals surface area contributed by atoms with Crippen LogP contribution in [0.3, 0.4) is 0 Å². The van der Waals surface area contributed by atoms with E-state index in [4.69, 9.17) is 16.3 Å². The van der Waals surface area contributed by atoms with Crippen molar-refractivity contribution in [2.75, 3.05) is 40.8 Å². The summed E-state index contributed by atoms with van der Waals surface area (Å²) in [6.45, 7) is 3.48. The molecule has 0 aliphatic carbocycles. The van der Waals surface area contributed by atoms with Crippen molar-refractivity contribution in [2.45, 2.75) is 13.3 Å². The molecule has 0 saturated heterocycles. The molecule has 0 saturated carbocycles. The molecule has 128 valence electrons. The van der Waals surface area contributed by atoms with Gasteiger partial charge in [0.25, 0.3) is 5.91 Å². The molecule has 1 rings (SSSR count). The average Bonchev–Trinajstić information content (AvgIpc) is 2.52. The van der Waals surface area contributed by atoms with Crippen molar-refractivity contribution in [3.8, 4) is 0 Å². The summed E-state index contributed by atoms with van der Waals surface area (Å²) < 4.78 is 4.75. The molecule has 23 heavy (non-hydrogen) atoms. The Morgan fingerprint density at radius 1 is 1.22 bits per heavy atom. The molecule has 1 aromatic rings. The van der Waals surface area contributed by atoms with E-state index in [1.54, 1.807) is 36.1 Å². The molecule has 5 nitrogen and oxygen atoms in total. The lowest BCUT2D eigenvalue weighted by Gasteiger charge is -2.26. The third-order valence-electron chi connectivity index (χ3n) is 3.52. The summed E-state index contributed by atoms with van der Waals surface area (Å²) in [5.74, 6) is -0.870. The minimum absolute atomic E-state index is 0.162. The predicted octanol–water partition coefficient (Wildman–Crippen LogP) is 2.54. The minimum atomic E-state index is -0.384. The molecular weight excluding hydrogens is 316 g/mol. The van der Waals surface area contributed by atoms with Gasteiger partial charge < -0.3 is 14.5 Å². The Kier molecular flexibility index (Phi) is 8.06. The van der Waals surface area contributed by atoms with Crippen molar-refractivity contribution in [3.63, 3.8) is 0 Å². The van der Waals surface area contributed by atoms with Gasteiger partial charge in [-0.25, -0.2) is 0 Å². The average molecular weight is 341 g/mol. The van der Waals surface area contributed by atoms with Crippen LogP contribution in [0, 0.1) is 5.92 Å². The van der Waals surface area contributed by atoms with E-state index < -0.39 is 0 Å².